The maximum atomic E-state index is 5.47. The molecule has 30 heavy (non-hydrogen) atoms. The van der Waals surface area contributed by atoms with Crippen LogP contribution in [0, 0.1) is 0 Å². The van der Waals surface area contributed by atoms with Crippen molar-refractivity contribution in [2.45, 2.75) is 45.7 Å². The zero-order valence-corrected chi connectivity index (χ0v) is 20.9. The molecule has 2 fully saturated rings. The Kier molecular flexibility index (Phi) is 12.7. The number of nitrogens with one attached hydrogen (secondary N) is 2. The molecule has 0 aromatic heterocycles. The summed E-state index contributed by atoms with van der Waals surface area (Å²) in [6, 6.07) is 8.69. The molecule has 0 radical (unpaired) electrons. The maximum Gasteiger partial charge on any atom is 0.191 e. The fourth-order valence-corrected chi connectivity index (χ4v) is 4.05. The first kappa shape index (κ1) is 25.4. The zero-order valence-electron chi connectivity index (χ0n) is 18.6. The fourth-order valence-electron chi connectivity index (χ4n) is 4.05. The second-order valence-electron chi connectivity index (χ2n) is 8.04. The van der Waals surface area contributed by atoms with Crippen LogP contribution in [0.15, 0.2) is 29.3 Å². The number of aliphatic imine (C=N–C) groups is 1. The van der Waals surface area contributed by atoms with Gasteiger partial charge < -0.3 is 20.3 Å². The lowest BCUT2D eigenvalue weighted by atomic mass is 10.1. The van der Waals surface area contributed by atoms with Crippen LogP contribution in [-0.2, 0) is 17.8 Å². The quantitative estimate of drug-likeness (QED) is 0.211. The molecule has 2 saturated heterocycles. The lowest BCUT2D eigenvalue weighted by Gasteiger charge is -2.27. The molecule has 1 aromatic carbocycles. The van der Waals surface area contributed by atoms with Crippen molar-refractivity contribution in [1.29, 1.82) is 0 Å². The predicted molar refractivity (Wildman–Crippen MR) is 136 cm³/mol. The normalized spacial score (nSPS) is 18.2. The molecule has 2 aliphatic heterocycles. The van der Waals surface area contributed by atoms with E-state index in [9.17, 15) is 0 Å². The summed E-state index contributed by atoms with van der Waals surface area (Å²) in [4.78, 5) is 9.91. The van der Waals surface area contributed by atoms with Crippen LogP contribution in [0.5, 0.6) is 0 Å². The molecule has 2 aliphatic rings. The Labute approximate surface area is 199 Å². The standard InChI is InChI=1S/C23H39N5O.HI/c1-2-24-23(25-11-5-6-12-27-13-7-8-14-27)26-19-21-9-3-4-10-22(21)20-28-15-17-29-18-16-28;/h3-4,9-10H,2,5-8,11-20H2,1H3,(H2,24,25,26);1H. The predicted octanol–water partition coefficient (Wildman–Crippen LogP) is 3.07. The lowest BCUT2D eigenvalue weighted by Crippen LogP contribution is -2.38. The largest absolute Gasteiger partial charge is 0.379 e. The van der Waals surface area contributed by atoms with Crippen LogP contribution < -0.4 is 10.6 Å². The van der Waals surface area contributed by atoms with E-state index in [1.165, 1.54) is 56.4 Å². The highest BCUT2D eigenvalue weighted by molar-refractivity contribution is 14.0. The van der Waals surface area contributed by atoms with Crippen molar-refractivity contribution in [3.63, 3.8) is 0 Å². The van der Waals surface area contributed by atoms with Gasteiger partial charge in [-0.2, -0.15) is 0 Å². The van der Waals surface area contributed by atoms with Crippen LogP contribution in [-0.4, -0.2) is 74.8 Å². The first-order valence-electron chi connectivity index (χ1n) is 11.5. The summed E-state index contributed by atoms with van der Waals surface area (Å²) in [6.45, 7) is 13.2. The molecule has 0 saturated carbocycles. The molecule has 0 amide bonds. The van der Waals surface area contributed by atoms with Crippen LogP contribution in [0.2, 0.25) is 0 Å². The molecule has 1 aromatic rings. The second kappa shape index (κ2) is 15.0. The average molecular weight is 530 g/mol. The van der Waals surface area contributed by atoms with Gasteiger partial charge in [-0.3, -0.25) is 4.90 Å². The summed E-state index contributed by atoms with van der Waals surface area (Å²) >= 11 is 0. The number of likely N-dealkylation sites (tertiary alicyclic amines) is 1. The number of ether oxygens (including phenoxy) is 1. The van der Waals surface area contributed by atoms with E-state index in [1.807, 2.05) is 0 Å². The molecule has 2 N–H and O–H groups in total. The number of nitrogens with zero attached hydrogens (tertiary/aromatic N) is 3. The van der Waals surface area contributed by atoms with E-state index in [-0.39, 0.29) is 24.0 Å². The van der Waals surface area contributed by atoms with Crippen molar-refractivity contribution < 1.29 is 4.74 Å². The summed E-state index contributed by atoms with van der Waals surface area (Å²) in [5.74, 6) is 0.926. The minimum absolute atomic E-state index is 0. The molecular weight excluding hydrogens is 489 g/mol. The Bertz CT molecular complexity index is 615. The smallest absolute Gasteiger partial charge is 0.191 e. The first-order chi connectivity index (χ1) is 14.3. The summed E-state index contributed by atoms with van der Waals surface area (Å²) in [7, 11) is 0. The first-order valence-corrected chi connectivity index (χ1v) is 11.5. The minimum atomic E-state index is 0. The third kappa shape index (κ3) is 9.08. The van der Waals surface area contributed by atoms with Crippen LogP contribution in [0.4, 0.5) is 0 Å². The second-order valence-corrected chi connectivity index (χ2v) is 8.04. The fraction of sp³-hybridized carbons (Fsp3) is 0.696. The molecule has 170 valence electrons. The van der Waals surface area contributed by atoms with E-state index in [1.54, 1.807) is 0 Å². The van der Waals surface area contributed by atoms with Gasteiger partial charge in [0.25, 0.3) is 0 Å². The summed E-state index contributed by atoms with van der Waals surface area (Å²) in [5.41, 5.74) is 2.69. The van der Waals surface area contributed by atoms with E-state index in [0.29, 0.717) is 6.54 Å². The lowest BCUT2D eigenvalue weighted by molar-refractivity contribution is 0.0341. The summed E-state index contributed by atoms with van der Waals surface area (Å²) in [5, 5.41) is 6.90. The topological polar surface area (TPSA) is 52.1 Å². The van der Waals surface area contributed by atoms with Gasteiger partial charge in [0.1, 0.15) is 0 Å². The number of rotatable bonds is 10. The number of benzene rings is 1. The van der Waals surface area contributed by atoms with Crippen molar-refractivity contribution in [3.8, 4) is 0 Å². The van der Waals surface area contributed by atoms with Gasteiger partial charge in [-0.25, -0.2) is 4.99 Å². The molecule has 6 nitrogen and oxygen atoms in total. The maximum absolute atomic E-state index is 5.47. The number of unbranched alkanes of at least 4 members (excludes halogenated alkanes) is 1. The van der Waals surface area contributed by atoms with Crippen LogP contribution in [0.25, 0.3) is 0 Å². The molecule has 0 bridgehead atoms. The molecule has 0 unspecified atom stereocenters. The number of morpholine rings is 1. The highest BCUT2D eigenvalue weighted by Crippen LogP contribution is 2.14. The van der Waals surface area contributed by atoms with E-state index in [0.717, 1.165) is 51.9 Å². The van der Waals surface area contributed by atoms with Gasteiger partial charge in [-0.15, -0.1) is 24.0 Å². The van der Waals surface area contributed by atoms with Crippen LogP contribution in [0.3, 0.4) is 0 Å². The molecule has 0 spiro atoms. The molecule has 2 heterocycles. The van der Waals surface area contributed by atoms with E-state index in [4.69, 9.17) is 9.73 Å². The summed E-state index contributed by atoms with van der Waals surface area (Å²) < 4.78 is 5.47. The Hall–Kier alpha value is -0.900. The van der Waals surface area contributed by atoms with Crippen LogP contribution >= 0.6 is 24.0 Å². The van der Waals surface area contributed by atoms with Crippen molar-refractivity contribution in [2.24, 2.45) is 4.99 Å². The highest BCUT2D eigenvalue weighted by Gasteiger charge is 2.13. The van der Waals surface area contributed by atoms with Crippen LogP contribution in [0.1, 0.15) is 43.7 Å². The minimum Gasteiger partial charge on any atom is -0.379 e. The van der Waals surface area contributed by atoms with Gasteiger partial charge in [0.2, 0.25) is 0 Å². The highest BCUT2D eigenvalue weighted by atomic mass is 127. The number of halogens is 1. The van der Waals surface area contributed by atoms with Crippen molar-refractivity contribution in [1.82, 2.24) is 20.4 Å². The molecule has 0 atom stereocenters. The molecule has 3 rings (SSSR count). The van der Waals surface area contributed by atoms with Crippen molar-refractivity contribution in [2.75, 3.05) is 59.0 Å². The van der Waals surface area contributed by atoms with Gasteiger partial charge in [-0.05, 0) is 63.4 Å². The SMILES string of the molecule is CCNC(=NCc1ccccc1CN1CCOCC1)NCCCCN1CCCC1.I. The number of guanidine groups is 1. The zero-order chi connectivity index (χ0) is 20.2. The van der Waals surface area contributed by atoms with E-state index in [2.05, 4.69) is 51.6 Å². The Balaban J connectivity index is 0.00000320. The van der Waals surface area contributed by atoms with E-state index < -0.39 is 0 Å². The van der Waals surface area contributed by atoms with Crippen molar-refractivity contribution in [3.05, 3.63) is 35.4 Å². The molecule has 0 aliphatic carbocycles. The number of hydrogen-bond acceptors (Lipinski definition) is 4. The van der Waals surface area contributed by atoms with Gasteiger partial charge in [0, 0.05) is 32.7 Å². The molecular formula is C23H40IN5O. The molecule has 7 heteroatoms. The summed E-state index contributed by atoms with van der Waals surface area (Å²) in [6.07, 6.45) is 5.20. The van der Waals surface area contributed by atoms with Gasteiger partial charge in [0.05, 0.1) is 19.8 Å². The Morgan fingerprint density at radius 3 is 2.43 bits per heavy atom. The van der Waals surface area contributed by atoms with Gasteiger partial charge in [0.15, 0.2) is 5.96 Å². The Morgan fingerprint density at radius 2 is 1.70 bits per heavy atom. The third-order valence-electron chi connectivity index (χ3n) is 5.76. The van der Waals surface area contributed by atoms with Gasteiger partial charge >= 0.3 is 0 Å². The average Bonchev–Trinajstić information content (AvgIpc) is 3.27. The monoisotopic (exact) mass is 529 g/mol. The third-order valence-corrected chi connectivity index (χ3v) is 5.76. The Morgan fingerprint density at radius 1 is 0.967 bits per heavy atom. The van der Waals surface area contributed by atoms with Crippen molar-refractivity contribution >= 4 is 29.9 Å². The van der Waals surface area contributed by atoms with Gasteiger partial charge in [-0.1, -0.05) is 24.3 Å². The van der Waals surface area contributed by atoms with E-state index >= 15 is 0 Å². The number of hydrogen-bond donors (Lipinski definition) is 2.